The van der Waals surface area contributed by atoms with Gasteiger partial charge in [-0.25, -0.2) is 0 Å². The van der Waals surface area contributed by atoms with Crippen LogP contribution in [0.5, 0.6) is 0 Å². The van der Waals surface area contributed by atoms with Crippen molar-refractivity contribution < 1.29 is 9.59 Å². The monoisotopic (exact) mass is 128 g/mol. The van der Waals surface area contributed by atoms with Crippen LogP contribution in [0.2, 0.25) is 0 Å². The van der Waals surface area contributed by atoms with Crippen LogP contribution in [-0.4, -0.2) is 12.3 Å². The smallest absolute Gasteiger partial charge is 0.241 e. The SMILES string of the molecule is O=CNNC(=O)C1CC1. The van der Waals surface area contributed by atoms with Gasteiger partial charge in [-0.1, -0.05) is 0 Å². The molecule has 0 unspecified atom stereocenters. The highest BCUT2D eigenvalue weighted by Crippen LogP contribution is 2.28. The summed E-state index contributed by atoms with van der Waals surface area (Å²) < 4.78 is 0. The predicted molar refractivity (Wildman–Crippen MR) is 30.1 cm³/mol. The van der Waals surface area contributed by atoms with Gasteiger partial charge in [0.15, 0.2) is 0 Å². The van der Waals surface area contributed by atoms with Gasteiger partial charge in [-0.15, -0.1) is 0 Å². The second-order valence-corrected chi connectivity index (χ2v) is 2.03. The molecular formula is C5H8N2O2. The summed E-state index contributed by atoms with van der Waals surface area (Å²) in [4.78, 5) is 20.3. The van der Waals surface area contributed by atoms with E-state index < -0.39 is 0 Å². The predicted octanol–water partition coefficient (Wildman–Crippen LogP) is -0.826. The van der Waals surface area contributed by atoms with Crippen molar-refractivity contribution in [3.05, 3.63) is 0 Å². The summed E-state index contributed by atoms with van der Waals surface area (Å²) in [6, 6.07) is 0. The highest BCUT2D eigenvalue weighted by Gasteiger charge is 2.29. The van der Waals surface area contributed by atoms with Gasteiger partial charge in [-0.2, -0.15) is 0 Å². The average Bonchev–Trinajstić information content (AvgIpc) is 2.63. The molecule has 0 aromatic heterocycles. The zero-order valence-electron chi connectivity index (χ0n) is 4.89. The molecule has 0 aliphatic heterocycles. The molecule has 0 heterocycles. The number of carbonyl (C=O) groups excluding carboxylic acids is 2. The first kappa shape index (κ1) is 6.07. The van der Waals surface area contributed by atoms with Crippen LogP contribution in [-0.2, 0) is 9.59 Å². The van der Waals surface area contributed by atoms with E-state index in [1.54, 1.807) is 0 Å². The molecule has 2 N–H and O–H groups in total. The van der Waals surface area contributed by atoms with Crippen molar-refractivity contribution in [3.63, 3.8) is 0 Å². The van der Waals surface area contributed by atoms with Gasteiger partial charge in [0.25, 0.3) is 0 Å². The Balaban J connectivity index is 2.10. The molecule has 1 saturated carbocycles. The van der Waals surface area contributed by atoms with E-state index in [0.29, 0.717) is 6.41 Å². The van der Waals surface area contributed by atoms with E-state index in [4.69, 9.17) is 0 Å². The fourth-order valence-corrected chi connectivity index (χ4v) is 0.548. The van der Waals surface area contributed by atoms with E-state index in [2.05, 4.69) is 10.9 Å². The normalized spacial score (nSPS) is 16.4. The largest absolute Gasteiger partial charge is 0.277 e. The van der Waals surface area contributed by atoms with Gasteiger partial charge in [0, 0.05) is 5.92 Å². The maximum atomic E-state index is 10.6. The molecule has 0 aromatic carbocycles. The Bertz CT molecular complexity index is 131. The molecule has 0 atom stereocenters. The van der Waals surface area contributed by atoms with Gasteiger partial charge >= 0.3 is 0 Å². The van der Waals surface area contributed by atoms with E-state index in [1.807, 2.05) is 0 Å². The molecular weight excluding hydrogens is 120 g/mol. The van der Waals surface area contributed by atoms with Crippen molar-refractivity contribution in [2.24, 2.45) is 5.92 Å². The molecule has 0 saturated heterocycles. The minimum absolute atomic E-state index is 0.0814. The van der Waals surface area contributed by atoms with Crippen LogP contribution in [0.1, 0.15) is 12.8 Å². The lowest BCUT2D eigenvalue weighted by Crippen LogP contribution is -2.37. The standard InChI is InChI=1S/C5H8N2O2/c8-3-6-7-5(9)4-1-2-4/h3-4H,1-2H2,(H,6,8)(H,7,9). The Morgan fingerprint density at radius 2 is 2.22 bits per heavy atom. The lowest BCUT2D eigenvalue weighted by molar-refractivity contribution is -0.125. The summed E-state index contributed by atoms with van der Waals surface area (Å²) in [7, 11) is 0. The Morgan fingerprint density at radius 1 is 1.56 bits per heavy atom. The Morgan fingerprint density at radius 3 is 2.67 bits per heavy atom. The third-order valence-electron chi connectivity index (χ3n) is 1.20. The number of carbonyl (C=O) groups is 2. The van der Waals surface area contributed by atoms with Gasteiger partial charge in [0.05, 0.1) is 0 Å². The van der Waals surface area contributed by atoms with Crippen LogP contribution >= 0.6 is 0 Å². The Hall–Kier alpha value is -1.06. The number of nitrogens with one attached hydrogen (secondary N) is 2. The van der Waals surface area contributed by atoms with E-state index in [0.717, 1.165) is 12.8 Å². The molecule has 1 aliphatic carbocycles. The fraction of sp³-hybridized carbons (Fsp3) is 0.600. The molecule has 4 heteroatoms. The van der Waals surface area contributed by atoms with Gasteiger partial charge in [0.1, 0.15) is 0 Å². The highest BCUT2D eigenvalue weighted by atomic mass is 16.2. The van der Waals surface area contributed by atoms with Crippen molar-refractivity contribution in [1.82, 2.24) is 10.9 Å². The van der Waals surface area contributed by atoms with Gasteiger partial charge in [0.2, 0.25) is 12.3 Å². The second kappa shape index (κ2) is 2.48. The first-order valence-electron chi connectivity index (χ1n) is 2.83. The average molecular weight is 128 g/mol. The van der Waals surface area contributed by atoms with Crippen LogP contribution in [0.4, 0.5) is 0 Å². The van der Waals surface area contributed by atoms with Gasteiger partial charge in [-0.05, 0) is 12.8 Å². The van der Waals surface area contributed by atoms with Crippen molar-refractivity contribution in [1.29, 1.82) is 0 Å². The number of hydrogen-bond donors (Lipinski definition) is 2. The molecule has 1 fully saturated rings. The van der Waals surface area contributed by atoms with Crippen LogP contribution in [0, 0.1) is 5.92 Å². The maximum Gasteiger partial charge on any atom is 0.241 e. The number of amides is 2. The molecule has 9 heavy (non-hydrogen) atoms. The zero-order chi connectivity index (χ0) is 6.69. The molecule has 1 aliphatic rings. The summed E-state index contributed by atoms with van der Waals surface area (Å²) in [6.07, 6.45) is 2.35. The number of hydrogen-bond acceptors (Lipinski definition) is 2. The van der Waals surface area contributed by atoms with Gasteiger partial charge in [-0.3, -0.25) is 20.4 Å². The quantitative estimate of drug-likeness (QED) is 0.385. The van der Waals surface area contributed by atoms with E-state index in [-0.39, 0.29) is 11.8 Å². The third kappa shape index (κ3) is 1.71. The summed E-state index contributed by atoms with van der Waals surface area (Å²) in [5.74, 6) is 0.0690. The van der Waals surface area contributed by atoms with Crippen LogP contribution in [0.25, 0.3) is 0 Å². The van der Waals surface area contributed by atoms with Crippen molar-refractivity contribution >= 4 is 12.3 Å². The molecule has 0 aromatic rings. The van der Waals surface area contributed by atoms with Gasteiger partial charge < -0.3 is 0 Å². The topological polar surface area (TPSA) is 58.2 Å². The van der Waals surface area contributed by atoms with Crippen molar-refractivity contribution in [2.45, 2.75) is 12.8 Å². The lowest BCUT2D eigenvalue weighted by atomic mass is 10.4. The van der Waals surface area contributed by atoms with Crippen molar-refractivity contribution in [2.75, 3.05) is 0 Å². The van der Waals surface area contributed by atoms with E-state index in [1.165, 1.54) is 0 Å². The zero-order valence-corrected chi connectivity index (χ0v) is 4.89. The summed E-state index contributed by atoms with van der Waals surface area (Å²) in [6.45, 7) is 0. The van der Waals surface area contributed by atoms with E-state index >= 15 is 0 Å². The van der Waals surface area contributed by atoms with Crippen molar-refractivity contribution in [3.8, 4) is 0 Å². The first-order valence-corrected chi connectivity index (χ1v) is 2.83. The minimum atomic E-state index is -0.0814. The van der Waals surface area contributed by atoms with Crippen LogP contribution in [0.3, 0.4) is 0 Å². The van der Waals surface area contributed by atoms with Crippen LogP contribution in [0.15, 0.2) is 0 Å². The molecule has 0 spiro atoms. The highest BCUT2D eigenvalue weighted by molar-refractivity contribution is 5.81. The summed E-state index contributed by atoms with van der Waals surface area (Å²) in [5.41, 5.74) is 4.33. The molecule has 0 bridgehead atoms. The Labute approximate surface area is 52.6 Å². The molecule has 1 rings (SSSR count). The number of hydrazine groups is 1. The second-order valence-electron chi connectivity index (χ2n) is 2.03. The molecule has 4 nitrogen and oxygen atoms in total. The number of rotatable bonds is 3. The summed E-state index contributed by atoms with van der Waals surface area (Å²) in [5, 5.41) is 0. The fourth-order valence-electron chi connectivity index (χ4n) is 0.548. The molecule has 2 amide bonds. The Kier molecular flexibility index (Phi) is 1.67. The molecule has 50 valence electrons. The third-order valence-corrected chi connectivity index (χ3v) is 1.20. The first-order chi connectivity index (χ1) is 4.34. The molecule has 0 radical (unpaired) electrons. The lowest BCUT2D eigenvalue weighted by Gasteiger charge is -1.97. The van der Waals surface area contributed by atoms with Crippen LogP contribution < -0.4 is 10.9 Å². The summed E-state index contributed by atoms with van der Waals surface area (Å²) >= 11 is 0. The maximum absolute atomic E-state index is 10.6. The minimum Gasteiger partial charge on any atom is -0.277 e. The van der Waals surface area contributed by atoms with E-state index in [9.17, 15) is 9.59 Å².